The molecule has 0 unspecified atom stereocenters. The Bertz CT molecular complexity index is 775. The van der Waals surface area contributed by atoms with Crippen molar-refractivity contribution in [1.29, 1.82) is 0 Å². The van der Waals surface area contributed by atoms with E-state index in [2.05, 4.69) is 27.7 Å². The van der Waals surface area contributed by atoms with Crippen molar-refractivity contribution in [3.05, 3.63) is 42.0 Å². The minimum absolute atomic E-state index is 0.134. The van der Waals surface area contributed by atoms with Crippen LogP contribution in [0.3, 0.4) is 0 Å². The van der Waals surface area contributed by atoms with Crippen LogP contribution in [0.1, 0.15) is 52.5 Å². The Labute approximate surface area is 173 Å². The standard InChI is InChI=1S/C24H32O5/c1-15(2)20-17(27-19(25)11-10-16-8-6-5-7-9-16)14-24(4)18(28-24)12-13-23(3)22(29-23)21(20)26/h5-11,15,17-18,20-22,26H,12-14H2,1-4H3/b11-10+/t17-,18+,20+,21-,22-,23-,24-/m1/s1. The Hall–Kier alpha value is -1.69. The van der Waals surface area contributed by atoms with Crippen LogP contribution in [0.25, 0.3) is 6.08 Å². The van der Waals surface area contributed by atoms with Gasteiger partial charge in [0.1, 0.15) is 12.2 Å². The van der Waals surface area contributed by atoms with E-state index in [0.717, 1.165) is 18.4 Å². The summed E-state index contributed by atoms with van der Waals surface area (Å²) in [5, 5.41) is 11.1. The molecular formula is C24H32O5. The molecule has 0 aromatic heterocycles. The number of epoxide rings is 2. The zero-order chi connectivity index (χ0) is 20.8. The van der Waals surface area contributed by atoms with Crippen LogP contribution in [-0.2, 0) is 19.0 Å². The van der Waals surface area contributed by atoms with Gasteiger partial charge in [-0.05, 0) is 44.2 Å². The molecular weight excluding hydrogens is 368 g/mol. The van der Waals surface area contributed by atoms with Crippen LogP contribution in [0, 0.1) is 11.8 Å². The molecule has 29 heavy (non-hydrogen) atoms. The highest BCUT2D eigenvalue weighted by atomic mass is 16.6. The molecule has 1 aliphatic carbocycles. The molecule has 7 atom stereocenters. The van der Waals surface area contributed by atoms with Gasteiger partial charge in [-0.1, -0.05) is 44.2 Å². The molecule has 1 saturated carbocycles. The van der Waals surface area contributed by atoms with E-state index in [-0.39, 0.29) is 35.2 Å². The number of ether oxygens (including phenoxy) is 3. The summed E-state index contributed by atoms with van der Waals surface area (Å²) >= 11 is 0. The van der Waals surface area contributed by atoms with Gasteiger partial charge in [0.2, 0.25) is 0 Å². The van der Waals surface area contributed by atoms with Gasteiger partial charge in [-0.3, -0.25) is 0 Å². The summed E-state index contributed by atoms with van der Waals surface area (Å²) in [6, 6.07) is 9.65. The molecule has 158 valence electrons. The van der Waals surface area contributed by atoms with Crippen LogP contribution in [0.15, 0.2) is 36.4 Å². The van der Waals surface area contributed by atoms with Crippen molar-refractivity contribution in [2.75, 3.05) is 0 Å². The maximum Gasteiger partial charge on any atom is 0.331 e. The summed E-state index contributed by atoms with van der Waals surface area (Å²) in [5.41, 5.74) is 0.327. The van der Waals surface area contributed by atoms with Crippen molar-refractivity contribution in [3.63, 3.8) is 0 Å². The molecule has 0 radical (unpaired) electrons. The Balaban J connectivity index is 1.54. The molecule has 1 aromatic rings. The number of aliphatic hydroxyl groups excluding tert-OH is 1. The lowest BCUT2D eigenvalue weighted by molar-refractivity contribution is -0.152. The maximum atomic E-state index is 12.6. The molecule has 5 nitrogen and oxygen atoms in total. The SMILES string of the molecule is CC(C)[C@@H]1[C@@H](O)[C@H]2O[C@]2(C)CC[C@@H]2O[C@]2(C)C[C@H]1OC(=O)/C=C/c1ccccc1. The molecule has 5 heteroatoms. The van der Waals surface area contributed by atoms with Crippen molar-refractivity contribution < 1.29 is 24.1 Å². The number of hydrogen-bond acceptors (Lipinski definition) is 5. The van der Waals surface area contributed by atoms with Gasteiger partial charge in [-0.25, -0.2) is 4.79 Å². The third-order valence-corrected chi connectivity index (χ3v) is 6.87. The van der Waals surface area contributed by atoms with Gasteiger partial charge in [0.05, 0.1) is 23.4 Å². The smallest absolute Gasteiger partial charge is 0.331 e. The zero-order valence-corrected chi connectivity index (χ0v) is 17.7. The number of hydrogen-bond donors (Lipinski definition) is 1. The van der Waals surface area contributed by atoms with Crippen molar-refractivity contribution in [1.82, 2.24) is 0 Å². The summed E-state index contributed by atoms with van der Waals surface area (Å²) in [5.74, 6) is -0.473. The van der Waals surface area contributed by atoms with Gasteiger partial charge in [0.15, 0.2) is 0 Å². The van der Waals surface area contributed by atoms with Gasteiger partial charge >= 0.3 is 5.97 Å². The Kier molecular flexibility index (Phi) is 5.34. The third-order valence-electron chi connectivity index (χ3n) is 6.87. The second-order valence-corrected chi connectivity index (χ2v) is 9.54. The first-order valence-electron chi connectivity index (χ1n) is 10.7. The lowest BCUT2D eigenvalue weighted by Gasteiger charge is -2.34. The van der Waals surface area contributed by atoms with E-state index in [1.807, 2.05) is 30.3 Å². The van der Waals surface area contributed by atoms with E-state index >= 15 is 0 Å². The molecule has 0 amide bonds. The highest BCUT2D eigenvalue weighted by Gasteiger charge is 2.63. The van der Waals surface area contributed by atoms with E-state index in [1.54, 1.807) is 6.08 Å². The first-order valence-corrected chi connectivity index (χ1v) is 10.7. The normalized spacial score (nSPS) is 41.5. The summed E-state index contributed by atoms with van der Waals surface area (Å²) < 4.78 is 17.9. The van der Waals surface area contributed by atoms with Gasteiger partial charge in [-0.15, -0.1) is 0 Å². The minimum atomic E-state index is -0.671. The van der Waals surface area contributed by atoms with E-state index in [0.29, 0.717) is 6.42 Å². The number of esters is 1. The number of rotatable bonds is 4. The van der Waals surface area contributed by atoms with E-state index in [1.165, 1.54) is 6.08 Å². The molecule has 4 rings (SSSR count). The molecule has 1 N–H and O–H groups in total. The molecule has 2 aliphatic heterocycles. The minimum Gasteiger partial charge on any atom is -0.459 e. The number of benzene rings is 1. The fraction of sp³-hybridized carbons (Fsp3) is 0.625. The topological polar surface area (TPSA) is 71.6 Å². The van der Waals surface area contributed by atoms with Crippen molar-refractivity contribution >= 4 is 12.0 Å². The van der Waals surface area contributed by atoms with Crippen LogP contribution < -0.4 is 0 Å². The molecule has 0 bridgehead atoms. The number of fused-ring (bicyclic) bond motifs is 2. The first-order chi connectivity index (χ1) is 13.7. The van der Waals surface area contributed by atoms with Crippen LogP contribution in [0.2, 0.25) is 0 Å². The third kappa shape index (κ3) is 4.27. The second-order valence-electron chi connectivity index (χ2n) is 9.54. The molecule has 0 spiro atoms. The second kappa shape index (κ2) is 7.53. The van der Waals surface area contributed by atoms with Gasteiger partial charge in [-0.2, -0.15) is 0 Å². The van der Waals surface area contributed by atoms with Gasteiger partial charge < -0.3 is 19.3 Å². The quantitative estimate of drug-likeness (QED) is 0.474. The summed E-state index contributed by atoms with van der Waals surface area (Å²) in [4.78, 5) is 12.6. The van der Waals surface area contributed by atoms with Crippen LogP contribution in [-0.4, -0.2) is 46.7 Å². The monoisotopic (exact) mass is 400 g/mol. The predicted molar refractivity (Wildman–Crippen MR) is 110 cm³/mol. The highest BCUT2D eigenvalue weighted by Crippen LogP contribution is 2.52. The zero-order valence-electron chi connectivity index (χ0n) is 17.7. The Morgan fingerprint density at radius 2 is 1.93 bits per heavy atom. The van der Waals surface area contributed by atoms with Crippen molar-refractivity contribution in [3.8, 4) is 0 Å². The first kappa shape index (κ1) is 20.6. The number of aliphatic hydroxyl groups is 1. The van der Waals surface area contributed by atoms with E-state index in [4.69, 9.17) is 14.2 Å². The summed E-state index contributed by atoms with van der Waals surface area (Å²) in [6.45, 7) is 8.27. The van der Waals surface area contributed by atoms with Gasteiger partial charge in [0, 0.05) is 18.4 Å². The van der Waals surface area contributed by atoms with Crippen LogP contribution in [0.5, 0.6) is 0 Å². The number of carbonyl (C=O) groups excluding carboxylic acids is 1. The molecule has 2 heterocycles. The van der Waals surface area contributed by atoms with Gasteiger partial charge in [0.25, 0.3) is 0 Å². The number of carbonyl (C=O) groups is 1. The summed E-state index contributed by atoms with van der Waals surface area (Å²) in [6.07, 6.45) is 4.43. The fourth-order valence-corrected chi connectivity index (χ4v) is 4.96. The molecule has 3 aliphatic rings. The van der Waals surface area contributed by atoms with Crippen molar-refractivity contribution in [2.45, 2.75) is 82.6 Å². The van der Waals surface area contributed by atoms with E-state index in [9.17, 15) is 9.90 Å². The Morgan fingerprint density at radius 3 is 2.62 bits per heavy atom. The highest BCUT2D eigenvalue weighted by molar-refractivity contribution is 5.87. The predicted octanol–water partition coefficient (Wildman–Crippen LogP) is 3.74. The average Bonchev–Trinajstić information content (AvgIpc) is 3.53. The fourth-order valence-electron chi connectivity index (χ4n) is 4.96. The van der Waals surface area contributed by atoms with Crippen LogP contribution >= 0.6 is 0 Å². The van der Waals surface area contributed by atoms with E-state index < -0.39 is 18.2 Å². The maximum absolute atomic E-state index is 12.6. The lowest BCUT2D eigenvalue weighted by atomic mass is 9.76. The Morgan fingerprint density at radius 1 is 1.21 bits per heavy atom. The largest absolute Gasteiger partial charge is 0.459 e. The van der Waals surface area contributed by atoms with Crippen molar-refractivity contribution in [2.24, 2.45) is 11.8 Å². The summed E-state index contributed by atoms with van der Waals surface area (Å²) in [7, 11) is 0. The molecule has 2 saturated heterocycles. The average molecular weight is 401 g/mol. The lowest BCUT2D eigenvalue weighted by Crippen LogP contribution is -2.45. The molecule has 1 aromatic carbocycles. The van der Waals surface area contributed by atoms with Crippen LogP contribution in [0.4, 0.5) is 0 Å². The molecule has 3 fully saturated rings.